The van der Waals surface area contributed by atoms with Crippen LogP contribution in [0.25, 0.3) is 6.08 Å². The maximum Gasteiger partial charge on any atom is 0.159 e. The van der Waals surface area contributed by atoms with Gasteiger partial charge < -0.3 is 5.32 Å². The number of allylic oxidation sites excluding steroid dienone is 5. The Morgan fingerprint density at radius 1 is 1.30 bits per heavy atom. The van der Waals surface area contributed by atoms with E-state index < -0.39 is 0 Å². The first-order valence-corrected chi connectivity index (χ1v) is 7.59. The minimum Gasteiger partial charge on any atom is -0.359 e. The van der Waals surface area contributed by atoms with Gasteiger partial charge in [-0.05, 0) is 37.1 Å². The van der Waals surface area contributed by atoms with E-state index in [1.165, 1.54) is 0 Å². The van der Waals surface area contributed by atoms with Gasteiger partial charge in [-0.1, -0.05) is 63.1 Å². The minimum atomic E-state index is 0.0165. The molecule has 1 aromatic carbocycles. The fourth-order valence-electron chi connectivity index (χ4n) is 2.02. The normalized spacial score (nSPS) is 12.7. The van der Waals surface area contributed by atoms with Gasteiger partial charge >= 0.3 is 0 Å². The predicted molar refractivity (Wildman–Crippen MR) is 101 cm³/mol. The van der Waals surface area contributed by atoms with Crippen molar-refractivity contribution in [1.29, 1.82) is 0 Å². The van der Waals surface area contributed by atoms with Crippen molar-refractivity contribution in [2.45, 2.75) is 20.8 Å². The summed E-state index contributed by atoms with van der Waals surface area (Å²) in [5.41, 5.74) is 4.75. The molecule has 23 heavy (non-hydrogen) atoms. The van der Waals surface area contributed by atoms with Crippen molar-refractivity contribution in [3.63, 3.8) is 0 Å². The van der Waals surface area contributed by atoms with Crippen LogP contribution in [0.1, 0.15) is 25.0 Å². The van der Waals surface area contributed by atoms with E-state index in [4.69, 9.17) is 0 Å². The standard InChI is InChI=1S/C21H25NO/c1-7-9-20(18(6)23)12-10-15(3)17(5)22-21-13-11-19(8-2)14-16(21)4/h7-15,22H,1-2,5H2,3-4,6H3/b12-10-,20-9+. The van der Waals surface area contributed by atoms with Crippen molar-refractivity contribution in [2.24, 2.45) is 5.92 Å². The van der Waals surface area contributed by atoms with E-state index in [1.807, 2.05) is 44.2 Å². The summed E-state index contributed by atoms with van der Waals surface area (Å²) in [6.07, 6.45) is 8.92. The second kappa shape index (κ2) is 8.74. The Morgan fingerprint density at radius 3 is 2.52 bits per heavy atom. The first-order valence-electron chi connectivity index (χ1n) is 7.59. The highest BCUT2D eigenvalue weighted by atomic mass is 16.1. The lowest BCUT2D eigenvalue weighted by Crippen LogP contribution is -2.07. The van der Waals surface area contributed by atoms with E-state index in [0.29, 0.717) is 5.57 Å². The molecular weight excluding hydrogens is 282 g/mol. The van der Waals surface area contributed by atoms with Gasteiger partial charge in [-0.25, -0.2) is 0 Å². The highest BCUT2D eigenvalue weighted by molar-refractivity contribution is 5.96. The largest absolute Gasteiger partial charge is 0.359 e. The molecule has 1 aromatic rings. The van der Waals surface area contributed by atoms with Crippen molar-refractivity contribution < 1.29 is 4.79 Å². The average molecular weight is 307 g/mol. The van der Waals surface area contributed by atoms with E-state index in [9.17, 15) is 4.79 Å². The Labute approximate surface area is 139 Å². The van der Waals surface area contributed by atoms with E-state index in [1.54, 1.807) is 19.1 Å². The van der Waals surface area contributed by atoms with Gasteiger partial charge in [0.2, 0.25) is 0 Å². The molecule has 2 nitrogen and oxygen atoms in total. The highest BCUT2D eigenvalue weighted by Crippen LogP contribution is 2.21. The molecule has 0 saturated heterocycles. The third kappa shape index (κ3) is 5.59. The lowest BCUT2D eigenvalue weighted by molar-refractivity contribution is -0.113. The van der Waals surface area contributed by atoms with Gasteiger partial charge in [-0.2, -0.15) is 0 Å². The van der Waals surface area contributed by atoms with E-state index in [2.05, 4.69) is 31.1 Å². The van der Waals surface area contributed by atoms with E-state index >= 15 is 0 Å². The molecule has 0 aliphatic heterocycles. The Kier molecular flexibility index (Phi) is 7.01. The van der Waals surface area contributed by atoms with Crippen LogP contribution < -0.4 is 5.32 Å². The third-order valence-corrected chi connectivity index (χ3v) is 3.60. The number of carbonyl (C=O) groups excluding carboxylic acids is 1. The topological polar surface area (TPSA) is 29.1 Å². The van der Waals surface area contributed by atoms with Gasteiger partial charge in [-0.3, -0.25) is 4.79 Å². The summed E-state index contributed by atoms with van der Waals surface area (Å²) in [5, 5.41) is 3.34. The van der Waals surface area contributed by atoms with Crippen molar-refractivity contribution in [1.82, 2.24) is 0 Å². The summed E-state index contributed by atoms with van der Waals surface area (Å²) in [6.45, 7) is 17.1. The molecule has 0 aliphatic rings. The van der Waals surface area contributed by atoms with Gasteiger partial charge in [0.15, 0.2) is 5.78 Å². The SMILES string of the molecule is C=C/C=C(\C=C/C(C)C(=C)Nc1ccc(C=C)cc1C)C(C)=O. The van der Waals surface area contributed by atoms with Gasteiger partial charge in [0, 0.05) is 22.9 Å². The number of carbonyl (C=O) groups is 1. The molecule has 1 rings (SSSR count). The number of hydrogen-bond acceptors (Lipinski definition) is 2. The first kappa shape index (κ1) is 18.4. The fraction of sp³-hybridized carbons (Fsp3) is 0.190. The van der Waals surface area contributed by atoms with E-state index in [0.717, 1.165) is 22.5 Å². The molecule has 0 spiro atoms. The number of rotatable bonds is 8. The molecule has 2 heteroatoms. The van der Waals surface area contributed by atoms with Crippen molar-refractivity contribution in [2.75, 3.05) is 5.32 Å². The fourth-order valence-corrected chi connectivity index (χ4v) is 2.02. The molecule has 1 N–H and O–H groups in total. The Bertz CT molecular complexity index is 677. The first-order chi connectivity index (χ1) is 10.9. The minimum absolute atomic E-state index is 0.0165. The molecule has 0 saturated carbocycles. The van der Waals surface area contributed by atoms with Crippen LogP contribution in [0, 0.1) is 12.8 Å². The number of benzene rings is 1. The molecule has 0 heterocycles. The van der Waals surface area contributed by atoms with Crippen LogP contribution in [0.2, 0.25) is 0 Å². The maximum absolute atomic E-state index is 11.5. The molecular formula is C21H25NO. The molecule has 0 aromatic heterocycles. The lowest BCUT2D eigenvalue weighted by Gasteiger charge is -2.16. The summed E-state index contributed by atoms with van der Waals surface area (Å²) in [4.78, 5) is 11.5. The van der Waals surface area contributed by atoms with Crippen LogP contribution in [0.15, 0.2) is 73.5 Å². The van der Waals surface area contributed by atoms with Crippen molar-refractivity contribution in [3.05, 3.63) is 84.6 Å². The number of ketones is 1. The Morgan fingerprint density at radius 2 is 2.00 bits per heavy atom. The lowest BCUT2D eigenvalue weighted by atomic mass is 10.0. The smallest absolute Gasteiger partial charge is 0.159 e. The van der Waals surface area contributed by atoms with Crippen LogP contribution >= 0.6 is 0 Å². The summed E-state index contributed by atoms with van der Waals surface area (Å²) in [5.74, 6) is 0.101. The van der Waals surface area contributed by atoms with Gasteiger partial charge in [-0.15, -0.1) is 0 Å². The monoisotopic (exact) mass is 307 g/mol. The third-order valence-electron chi connectivity index (χ3n) is 3.60. The zero-order chi connectivity index (χ0) is 17.4. The predicted octanol–water partition coefficient (Wildman–Crippen LogP) is 5.46. The molecule has 0 bridgehead atoms. The van der Waals surface area contributed by atoms with Crippen LogP contribution in [-0.2, 0) is 4.79 Å². The molecule has 1 atom stereocenters. The van der Waals surface area contributed by atoms with Crippen molar-refractivity contribution >= 4 is 17.5 Å². The van der Waals surface area contributed by atoms with E-state index in [-0.39, 0.29) is 11.7 Å². The van der Waals surface area contributed by atoms with Crippen LogP contribution in [0.3, 0.4) is 0 Å². The number of Topliss-reactive ketones (excluding diaryl/α,β-unsaturated/α-hetero) is 1. The van der Waals surface area contributed by atoms with Crippen LogP contribution in [-0.4, -0.2) is 5.78 Å². The molecule has 1 unspecified atom stereocenters. The highest BCUT2D eigenvalue weighted by Gasteiger charge is 2.06. The molecule has 0 amide bonds. The van der Waals surface area contributed by atoms with Crippen molar-refractivity contribution in [3.8, 4) is 0 Å². The Hall–Kier alpha value is -2.61. The van der Waals surface area contributed by atoms with Gasteiger partial charge in [0.25, 0.3) is 0 Å². The maximum atomic E-state index is 11.5. The van der Waals surface area contributed by atoms with Crippen LogP contribution in [0.5, 0.6) is 0 Å². The summed E-state index contributed by atoms with van der Waals surface area (Å²) in [6, 6.07) is 6.10. The number of anilines is 1. The second-order valence-electron chi connectivity index (χ2n) is 5.49. The quantitative estimate of drug-likeness (QED) is 0.510. The van der Waals surface area contributed by atoms with Gasteiger partial charge in [0.1, 0.15) is 0 Å². The van der Waals surface area contributed by atoms with Gasteiger partial charge in [0.05, 0.1) is 0 Å². The molecule has 0 aliphatic carbocycles. The summed E-state index contributed by atoms with van der Waals surface area (Å²) in [7, 11) is 0. The Balaban J connectivity index is 2.81. The zero-order valence-corrected chi connectivity index (χ0v) is 14.2. The average Bonchev–Trinajstić information content (AvgIpc) is 2.52. The number of aryl methyl sites for hydroxylation is 1. The zero-order valence-electron chi connectivity index (χ0n) is 14.2. The summed E-state index contributed by atoms with van der Waals surface area (Å²) >= 11 is 0. The molecule has 0 fully saturated rings. The molecule has 120 valence electrons. The summed E-state index contributed by atoms with van der Waals surface area (Å²) < 4.78 is 0. The number of hydrogen-bond donors (Lipinski definition) is 1. The second-order valence-corrected chi connectivity index (χ2v) is 5.49. The van der Waals surface area contributed by atoms with Crippen LogP contribution in [0.4, 0.5) is 5.69 Å². The molecule has 0 radical (unpaired) electrons. The number of nitrogens with one attached hydrogen (secondary N) is 1.